The van der Waals surface area contributed by atoms with E-state index in [2.05, 4.69) is 22.8 Å². The van der Waals surface area contributed by atoms with Gasteiger partial charge in [-0.3, -0.25) is 19.2 Å². The van der Waals surface area contributed by atoms with Crippen LogP contribution in [0, 0.1) is 13.8 Å². The highest BCUT2D eigenvalue weighted by Crippen LogP contribution is 2.34. The summed E-state index contributed by atoms with van der Waals surface area (Å²) in [5.41, 5.74) is 8.67. The summed E-state index contributed by atoms with van der Waals surface area (Å²) < 4.78 is 22.6. The van der Waals surface area contributed by atoms with Gasteiger partial charge in [0.1, 0.15) is 23.7 Å². The van der Waals surface area contributed by atoms with E-state index in [1.54, 1.807) is 38.5 Å². The quantitative estimate of drug-likeness (QED) is 0.149. The number of anilines is 2. The third-order valence-corrected chi connectivity index (χ3v) is 10.0. The first-order chi connectivity index (χ1) is 26.5. The fourth-order valence-electron chi connectivity index (χ4n) is 7.10. The number of hydrogen-bond acceptors (Lipinski definition) is 8. The average Bonchev–Trinajstić information content (AvgIpc) is 3.19. The molecule has 2 heterocycles. The average molecular weight is 743 g/mol. The van der Waals surface area contributed by atoms with E-state index < -0.39 is 24.0 Å². The van der Waals surface area contributed by atoms with Gasteiger partial charge < -0.3 is 29.6 Å². The predicted octanol–water partition coefficient (Wildman–Crippen LogP) is 8.14. The van der Waals surface area contributed by atoms with Gasteiger partial charge in [0.05, 0.1) is 27.1 Å². The summed E-state index contributed by atoms with van der Waals surface area (Å²) in [6.45, 7) is 7.95. The van der Waals surface area contributed by atoms with Crippen LogP contribution < -0.4 is 20.1 Å². The summed E-state index contributed by atoms with van der Waals surface area (Å²) in [6.07, 6.45) is 3.52. The summed E-state index contributed by atoms with van der Waals surface area (Å²) >= 11 is 0. The van der Waals surface area contributed by atoms with E-state index in [4.69, 9.17) is 18.9 Å². The number of allylic oxidation sites excluding steroid dienone is 2. The van der Waals surface area contributed by atoms with Gasteiger partial charge in [-0.1, -0.05) is 62.4 Å². The number of ketones is 2. The number of carbonyl (C=O) groups excluding carboxylic acids is 4. The molecule has 2 aliphatic heterocycles. The fourth-order valence-corrected chi connectivity index (χ4v) is 7.10. The Morgan fingerprint density at radius 3 is 1.64 bits per heavy atom. The standard InChI is InChI=1S/C45H46N2O8/c1-7-29-20-28(19-27(4)42(29)46-44(50)40-24-33(48)22-38(54-40)30-11-15-35(52-5)16-12-30)21-32-10-9-26(3)43(37(32)8-2)47-45(51)41-25-34(49)23-39(55-41)31-13-17-36(53-6)18-14-31/h9-20,24-25,38-39H,7-8,21-23H2,1-6H3,(H,46,50)(H,47,51)/t38-,39+/m0/s1. The van der Waals surface area contributed by atoms with Gasteiger partial charge in [-0.15, -0.1) is 0 Å². The Morgan fingerprint density at radius 2 is 1.16 bits per heavy atom. The van der Waals surface area contributed by atoms with E-state index in [9.17, 15) is 19.2 Å². The van der Waals surface area contributed by atoms with Crippen molar-refractivity contribution in [2.75, 3.05) is 24.9 Å². The third-order valence-electron chi connectivity index (χ3n) is 10.0. The van der Waals surface area contributed by atoms with Crippen LogP contribution in [0.3, 0.4) is 0 Å². The molecule has 2 aliphatic rings. The molecule has 0 saturated heterocycles. The maximum atomic E-state index is 13.6. The minimum atomic E-state index is -0.586. The van der Waals surface area contributed by atoms with Crippen LogP contribution in [0.5, 0.6) is 11.5 Å². The lowest BCUT2D eigenvalue weighted by molar-refractivity contribution is -0.124. The molecule has 0 aromatic heterocycles. The van der Waals surface area contributed by atoms with Crippen molar-refractivity contribution in [2.24, 2.45) is 0 Å². The van der Waals surface area contributed by atoms with E-state index in [0.717, 1.165) is 44.5 Å². The van der Waals surface area contributed by atoms with E-state index in [1.807, 2.05) is 64.1 Å². The molecule has 4 aromatic rings. The Hall–Kier alpha value is -6.16. The maximum Gasteiger partial charge on any atom is 0.290 e. The zero-order chi connectivity index (χ0) is 39.2. The first kappa shape index (κ1) is 38.6. The van der Waals surface area contributed by atoms with E-state index in [1.165, 1.54) is 12.2 Å². The number of ether oxygens (including phenoxy) is 4. The van der Waals surface area contributed by atoms with Crippen molar-refractivity contribution in [3.05, 3.63) is 141 Å². The number of hydrogen-bond donors (Lipinski definition) is 2. The molecular formula is C45H46N2O8. The van der Waals surface area contributed by atoms with Crippen LogP contribution >= 0.6 is 0 Å². The zero-order valence-electron chi connectivity index (χ0n) is 32.0. The molecule has 2 atom stereocenters. The number of methoxy groups -OCH3 is 2. The van der Waals surface area contributed by atoms with Gasteiger partial charge in [0.25, 0.3) is 11.8 Å². The van der Waals surface area contributed by atoms with Crippen molar-refractivity contribution in [3.63, 3.8) is 0 Å². The van der Waals surface area contributed by atoms with Crippen LogP contribution in [0.15, 0.2) is 96.5 Å². The van der Waals surface area contributed by atoms with Gasteiger partial charge in [-0.05, 0) is 102 Å². The van der Waals surface area contributed by atoms with Crippen molar-refractivity contribution < 1.29 is 38.1 Å². The normalized spacial score (nSPS) is 16.6. The molecule has 2 N–H and O–H groups in total. The lowest BCUT2D eigenvalue weighted by atomic mass is 9.92. The Morgan fingerprint density at radius 1 is 0.655 bits per heavy atom. The summed E-state index contributed by atoms with van der Waals surface area (Å²) in [5, 5.41) is 6.07. The topological polar surface area (TPSA) is 129 Å². The second-order valence-electron chi connectivity index (χ2n) is 13.8. The van der Waals surface area contributed by atoms with Crippen molar-refractivity contribution in [2.45, 2.75) is 72.0 Å². The molecular weight excluding hydrogens is 697 g/mol. The molecule has 0 radical (unpaired) electrons. The molecule has 0 unspecified atom stereocenters. The molecule has 6 rings (SSSR count). The Balaban J connectivity index is 1.18. The molecule has 284 valence electrons. The summed E-state index contributed by atoms with van der Waals surface area (Å²) in [4.78, 5) is 52.5. The summed E-state index contributed by atoms with van der Waals surface area (Å²) in [5.74, 6) is -0.0275. The second kappa shape index (κ2) is 16.9. The van der Waals surface area contributed by atoms with Crippen molar-refractivity contribution in [1.29, 1.82) is 0 Å². The van der Waals surface area contributed by atoms with Gasteiger partial charge >= 0.3 is 0 Å². The first-order valence-electron chi connectivity index (χ1n) is 18.5. The zero-order valence-corrected chi connectivity index (χ0v) is 32.0. The molecule has 10 nitrogen and oxygen atoms in total. The van der Waals surface area contributed by atoms with Gasteiger partial charge in [-0.2, -0.15) is 0 Å². The van der Waals surface area contributed by atoms with Crippen LogP contribution in [0.4, 0.5) is 11.4 Å². The highest BCUT2D eigenvalue weighted by atomic mass is 16.5. The van der Waals surface area contributed by atoms with Crippen molar-refractivity contribution >= 4 is 34.8 Å². The van der Waals surface area contributed by atoms with Crippen LogP contribution in [0.1, 0.15) is 83.4 Å². The van der Waals surface area contributed by atoms with Crippen LogP contribution in [0.2, 0.25) is 0 Å². The molecule has 0 fully saturated rings. The highest BCUT2D eigenvalue weighted by Gasteiger charge is 2.30. The predicted molar refractivity (Wildman–Crippen MR) is 210 cm³/mol. The minimum absolute atomic E-state index is 0.0280. The van der Waals surface area contributed by atoms with E-state index in [0.29, 0.717) is 42.1 Å². The monoisotopic (exact) mass is 742 g/mol. The van der Waals surface area contributed by atoms with Crippen molar-refractivity contribution in [1.82, 2.24) is 0 Å². The number of rotatable bonds is 12. The number of nitrogens with one attached hydrogen (secondary N) is 2. The second-order valence-corrected chi connectivity index (χ2v) is 13.8. The maximum absolute atomic E-state index is 13.6. The molecule has 4 aromatic carbocycles. The minimum Gasteiger partial charge on any atom is -0.497 e. The Kier molecular flexibility index (Phi) is 11.8. The molecule has 0 saturated carbocycles. The number of aryl methyl sites for hydroxylation is 3. The van der Waals surface area contributed by atoms with Crippen LogP contribution in [-0.2, 0) is 47.9 Å². The van der Waals surface area contributed by atoms with Gasteiger partial charge in [-0.25, -0.2) is 0 Å². The molecule has 55 heavy (non-hydrogen) atoms. The summed E-state index contributed by atoms with van der Waals surface area (Å²) in [6, 6.07) is 22.7. The molecule has 10 heteroatoms. The van der Waals surface area contributed by atoms with Gasteiger partial charge in [0, 0.05) is 23.5 Å². The van der Waals surface area contributed by atoms with Crippen molar-refractivity contribution in [3.8, 4) is 11.5 Å². The Labute approximate surface area is 321 Å². The fraction of sp³-hybridized carbons (Fsp3) is 0.289. The van der Waals surface area contributed by atoms with Gasteiger partial charge in [0.2, 0.25) is 0 Å². The first-order valence-corrected chi connectivity index (χ1v) is 18.5. The third kappa shape index (κ3) is 8.81. The lowest BCUT2D eigenvalue weighted by Crippen LogP contribution is -2.25. The highest BCUT2D eigenvalue weighted by molar-refractivity contribution is 6.09. The number of carbonyl (C=O) groups is 4. The van der Waals surface area contributed by atoms with E-state index in [-0.39, 0.29) is 35.9 Å². The van der Waals surface area contributed by atoms with Gasteiger partial charge in [0.15, 0.2) is 23.1 Å². The van der Waals surface area contributed by atoms with Crippen LogP contribution in [-0.4, -0.2) is 37.6 Å². The van der Waals surface area contributed by atoms with Crippen LogP contribution in [0.25, 0.3) is 0 Å². The van der Waals surface area contributed by atoms with E-state index >= 15 is 0 Å². The number of benzene rings is 4. The largest absolute Gasteiger partial charge is 0.497 e. The number of amides is 2. The molecule has 0 spiro atoms. The molecule has 2 amide bonds. The smallest absolute Gasteiger partial charge is 0.290 e. The molecule has 0 aliphatic carbocycles. The Bertz CT molecular complexity index is 2180. The summed E-state index contributed by atoms with van der Waals surface area (Å²) in [7, 11) is 3.17. The SMILES string of the molecule is CCc1cc(Cc2ccc(C)c(NC(=O)C3=CC(=O)C[C@H](c4ccc(OC)cc4)O3)c2CC)cc(C)c1NC(=O)C1=CC(=O)C[C@@H](c2ccc(OC)cc2)O1. The molecule has 0 bridgehead atoms. The lowest BCUT2D eigenvalue weighted by Gasteiger charge is -2.25.